The van der Waals surface area contributed by atoms with E-state index in [0.717, 1.165) is 17.3 Å². The number of aryl methyl sites for hydroxylation is 1. The van der Waals surface area contributed by atoms with Gasteiger partial charge in [-0.15, -0.1) is 0 Å². The van der Waals surface area contributed by atoms with Crippen molar-refractivity contribution in [2.24, 2.45) is 0 Å². The third-order valence-electron chi connectivity index (χ3n) is 1.37. The van der Waals surface area contributed by atoms with Crippen LogP contribution in [0, 0.1) is 5.82 Å². The molecule has 3 heteroatoms. The van der Waals surface area contributed by atoms with Crippen molar-refractivity contribution >= 4 is 31.9 Å². The summed E-state index contributed by atoms with van der Waals surface area (Å²) in [6.07, 6.45) is 0.929. The van der Waals surface area contributed by atoms with E-state index in [-0.39, 0.29) is 5.82 Å². The van der Waals surface area contributed by atoms with Gasteiger partial charge in [0, 0.05) is 5.33 Å². The Bertz CT molecular complexity index is 248. The molecule has 1 aromatic carbocycles. The summed E-state index contributed by atoms with van der Waals surface area (Å²) in [5.74, 6) is -0.205. The number of rotatable bonds is 2. The Balaban J connectivity index is 2.86. The zero-order chi connectivity index (χ0) is 8.27. The lowest BCUT2D eigenvalue weighted by atomic mass is 10.2. The standard InChI is InChI=1S/C8H7Br2F/c9-4-3-6-1-2-8(11)7(10)5-6/h1-2,5H,3-4H2. The second-order valence-corrected chi connectivity index (χ2v) is 3.83. The van der Waals surface area contributed by atoms with Crippen LogP contribution in [0.4, 0.5) is 4.39 Å². The summed E-state index contributed by atoms with van der Waals surface area (Å²) in [7, 11) is 0. The smallest absolute Gasteiger partial charge is 0.137 e. The molecule has 0 amide bonds. The van der Waals surface area contributed by atoms with E-state index in [1.165, 1.54) is 6.07 Å². The fraction of sp³-hybridized carbons (Fsp3) is 0.250. The maximum atomic E-state index is 12.7. The molecular weight excluding hydrogens is 275 g/mol. The molecule has 0 nitrogen and oxygen atoms in total. The minimum absolute atomic E-state index is 0.205. The van der Waals surface area contributed by atoms with Gasteiger partial charge in [-0.1, -0.05) is 22.0 Å². The molecule has 1 aromatic rings. The highest BCUT2D eigenvalue weighted by Gasteiger charge is 1.98. The summed E-state index contributed by atoms with van der Waals surface area (Å²) in [5, 5.41) is 0.908. The van der Waals surface area contributed by atoms with Gasteiger partial charge in [-0.2, -0.15) is 0 Å². The molecule has 0 bridgehead atoms. The molecule has 60 valence electrons. The minimum Gasteiger partial charge on any atom is -0.206 e. The van der Waals surface area contributed by atoms with E-state index in [1.807, 2.05) is 0 Å². The van der Waals surface area contributed by atoms with Crippen LogP contribution in [0.15, 0.2) is 22.7 Å². The van der Waals surface area contributed by atoms with Crippen molar-refractivity contribution in [2.45, 2.75) is 6.42 Å². The van der Waals surface area contributed by atoms with E-state index < -0.39 is 0 Å². The van der Waals surface area contributed by atoms with Crippen molar-refractivity contribution in [3.05, 3.63) is 34.1 Å². The molecule has 0 fully saturated rings. The van der Waals surface area contributed by atoms with Crippen molar-refractivity contribution in [1.82, 2.24) is 0 Å². The van der Waals surface area contributed by atoms with Crippen LogP contribution < -0.4 is 0 Å². The summed E-state index contributed by atoms with van der Waals surface area (Å²) in [5.41, 5.74) is 1.13. The zero-order valence-corrected chi connectivity index (χ0v) is 8.95. The fourth-order valence-electron chi connectivity index (χ4n) is 0.804. The Labute approximate surface area is 82.1 Å². The van der Waals surface area contributed by atoms with E-state index in [0.29, 0.717) is 4.47 Å². The number of benzene rings is 1. The topological polar surface area (TPSA) is 0 Å². The normalized spacial score (nSPS) is 10.1. The third kappa shape index (κ3) is 2.56. The Morgan fingerprint density at radius 3 is 2.64 bits per heavy atom. The Kier molecular flexibility index (Phi) is 3.52. The number of hydrogen-bond donors (Lipinski definition) is 0. The molecule has 11 heavy (non-hydrogen) atoms. The van der Waals surface area contributed by atoms with Gasteiger partial charge < -0.3 is 0 Å². The molecule has 0 radical (unpaired) electrons. The van der Waals surface area contributed by atoms with Crippen molar-refractivity contribution < 1.29 is 4.39 Å². The first-order valence-corrected chi connectivity index (χ1v) is 5.15. The van der Waals surface area contributed by atoms with Crippen LogP contribution >= 0.6 is 31.9 Å². The molecule has 0 unspecified atom stereocenters. The lowest BCUT2D eigenvalue weighted by Crippen LogP contribution is -1.86. The lowest BCUT2D eigenvalue weighted by Gasteiger charge is -1.98. The fourth-order valence-corrected chi connectivity index (χ4v) is 1.69. The second-order valence-electron chi connectivity index (χ2n) is 2.19. The molecule has 0 spiro atoms. The first-order valence-electron chi connectivity index (χ1n) is 3.24. The Hall–Kier alpha value is 0.110. The summed E-state index contributed by atoms with van der Waals surface area (Å²) in [6, 6.07) is 5.07. The molecular formula is C8H7Br2F. The maximum Gasteiger partial charge on any atom is 0.137 e. The molecule has 0 N–H and O–H groups in total. The quantitative estimate of drug-likeness (QED) is 0.728. The number of alkyl halides is 1. The molecule has 0 aliphatic rings. The molecule has 0 aromatic heterocycles. The number of halogens is 3. The minimum atomic E-state index is -0.205. The highest BCUT2D eigenvalue weighted by Crippen LogP contribution is 2.17. The third-order valence-corrected chi connectivity index (χ3v) is 2.37. The van der Waals surface area contributed by atoms with Gasteiger partial charge in [0.15, 0.2) is 0 Å². The van der Waals surface area contributed by atoms with Gasteiger partial charge in [-0.05, 0) is 40.0 Å². The predicted molar refractivity (Wildman–Crippen MR) is 51.6 cm³/mol. The molecule has 0 atom stereocenters. The predicted octanol–water partition coefficient (Wildman–Crippen LogP) is 3.53. The van der Waals surface area contributed by atoms with E-state index in [1.54, 1.807) is 12.1 Å². The first kappa shape index (κ1) is 9.20. The van der Waals surface area contributed by atoms with Gasteiger partial charge in [0.25, 0.3) is 0 Å². The van der Waals surface area contributed by atoms with Gasteiger partial charge >= 0.3 is 0 Å². The molecule has 0 saturated heterocycles. The van der Waals surface area contributed by atoms with Crippen molar-refractivity contribution in [3.8, 4) is 0 Å². The highest BCUT2D eigenvalue weighted by atomic mass is 79.9. The van der Waals surface area contributed by atoms with E-state index in [2.05, 4.69) is 31.9 Å². The second kappa shape index (κ2) is 4.21. The van der Waals surface area contributed by atoms with Crippen LogP contribution in [0.3, 0.4) is 0 Å². The monoisotopic (exact) mass is 280 g/mol. The summed E-state index contributed by atoms with van der Waals surface area (Å²) in [4.78, 5) is 0. The van der Waals surface area contributed by atoms with E-state index in [4.69, 9.17) is 0 Å². The average Bonchev–Trinajstić information content (AvgIpc) is 1.98. The van der Waals surface area contributed by atoms with Crippen molar-refractivity contribution in [3.63, 3.8) is 0 Å². The largest absolute Gasteiger partial charge is 0.206 e. The Morgan fingerprint density at radius 1 is 1.36 bits per heavy atom. The van der Waals surface area contributed by atoms with Crippen LogP contribution in [-0.4, -0.2) is 5.33 Å². The average molecular weight is 282 g/mol. The first-order chi connectivity index (χ1) is 5.24. The zero-order valence-electron chi connectivity index (χ0n) is 5.78. The molecule has 0 heterocycles. The summed E-state index contributed by atoms with van der Waals surface area (Å²) >= 11 is 6.45. The van der Waals surface area contributed by atoms with Crippen LogP contribution in [0.5, 0.6) is 0 Å². The summed E-state index contributed by atoms with van der Waals surface area (Å²) in [6.45, 7) is 0. The van der Waals surface area contributed by atoms with Crippen LogP contribution in [0.2, 0.25) is 0 Å². The van der Waals surface area contributed by atoms with Crippen LogP contribution in [0.25, 0.3) is 0 Å². The van der Waals surface area contributed by atoms with Crippen LogP contribution in [0.1, 0.15) is 5.56 Å². The van der Waals surface area contributed by atoms with E-state index in [9.17, 15) is 4.39 Å². The number of hydrogen-bond acceptors (Lipinski definition) is 0. The van der Waals surface area contributed by atoms with Gasteiger partial charge in [-0.3, -0.25) is 0 Å². The SMILES string of the molecule is Fc1ccc(CCBr)cc1Br. The van der Waals surface area contributed by atoms with E-state index >= 15 is 0 Å². The van der Waals surface area contributed by atoms with Crippen LogP contribution in [-0.2, 0) is 6.42 Å². The van der Waals surface area contributed by atoms with Crippen molar-refractivity contribution in [2.75, 3.05) is 5.33 Å². The Morgan fingerprint density at radius 2 is 2.09 bits per heavy atom. The van der Waals surface area contributed by atoms with Gasteiger partial charge in [-0.25, -0.2) is 4.39 Å². The molecule has 0 saturated carbocycles. The van der Waals surface area contributed by atoms with Crippen molar-refractivity contribution in [1.29, 1.82) is 0 Å². The molecule has 0 aliphatic carbocycles. The molecule has 1 rings (SSSR count). The maximum absolute atomic E-state index is 12.7. The lowest BCUT2D eigenvalue weighted by molar-refractivity contribution is 0.620. The molecule has 0 aliphatic heterocycles. The van der Waals surface area contributed by atoms with Gasteiger partial charge in [0.05, 0.1) is 4.47 Å². The highest BCUT2D eigenvalue weighted by molar-refractivity contribution is 9.10. The van der Waals surface area contributed by atoms with Gasteiger partial charge in [0.1, 0.15) is 5.82 Å². The van der Waals surface area contributed by atoms with Gasteiger partial charge in [0.2, 0.25) is 0 Å². The summed E-state index contributed by atoms with van der Waals surface area (Å²) < 4.78 is 13.2.